The number of benzene rings is 1. The van der Waals surface area contributed by atoms with Crippen molar-refractivity contribution in [3.8, 4) is 11.5 Å². The van der Waals surface area contributed by atoms with E-state index in [9.17, 15) is 4.79 Å². The van der Waals surface area contributed by atoms with Crippen LogP contribution in [0.15, 0.2) is 18.2 Å². The van der Waals surface area contributed by atoms with E-state index in [0.29, 0.717) is 25.5 Å². The molecule has 0 fully saturated rings. The highest BCUT2D eigenvalue weighted by atomic mass is 16.5. The smallest absolute Gasteiger partial charge is 0.305 e. The molecule has 0 saturated heterocycles. The molecule has 1 N–H and O–H groups in total. The van der Waals surface area contributed by atoms with Crippen molar-refractivity contribution in [2.24, 2.45) is 0 Å². The Morgan fingerprint density at radius 1 is 1.09 bits per heavy atom. The largest absolute Gasteiger partial charge is 0.490 e. The van der Waals surface area contributed by atoms with Crippen molar-refractivity contribution in [2.75, 3.05) is 31.2 Å². The molecule has 124 valence electrons. The van der Waals surface area contributed by atoms with Gasteiger partial charge in [0, 0.05) is 24.8 Å². The second kappa shape index (κ2) is 9.92. The van der Waals surface area contributed by atoms with E-state index in [1.165, 1.54) is 0 Å². The first kappa shape index (κ1) is 18.1. The van der Waals surface area contributed by atoms with Crippen LogP contribution in [0, 0.1) is 0 Å². The van der Waals surface area contributed by atoms with Crippen LogP contribution in [0.5, 0.6) is 11.5 Å². The maximum absolute atomic E-state index is 10.8. The molecule has 0 aromatic heterocycles. The Bertz CT molecular complexity index is 462. The van der Waals surface area contributed by atoms with Crippen molar-refractivity contribution in [3.63, 3.8) is 0 Å². The summed E-state index contributed by atoms with van der Waals surface area (Å²) >= 11 is 0. The third kappa shape index (κ3) is 5.84. The van der Waals surface area contributed by atoms with Crippen LogP contribution in [0.3, 0.4) is 0 Å². The van der Waals surface area contributed by atoms with E-state index in [1.54, 1.807) is 0 Å². The summed E-state index contributed by atoms with van der Waals surface area (Å²) in [5, 5.41) is 8.92. The number of aliphatic carboxylic acids is 1. The van der Waals surface area contributed by atoms with Crippen molar-refractivity contribution in [1.29, 1.82) is 0 Å². The monoisotopic (exact) mass is 309 g/mol. The zero-order chi connectivity index (χ0) is 16.4. The van der Waals surface area contributed by atoms with Crippen LogP contribution < -0.4 is 14.4 Å². The molecule has 0 atom stereocenters. The van der Waals surface area contributed by atoms with E-state index < -0.39 is 5.97 Å². The summed E-state index contributed by atoms with van der Waals surface area (Å²) in [7, 11) is 0. The van der Waals surface area contributed by atoms with E-state index in [2.05, 4.69) is 11.8 Å². The van der Waals surface area contributed by atoms with Crippen molar-refractivity contribution in [3.05, 3.63) is 18.2 Å². The minimum absolute atomic E-state index is 0.126. The van der Waals surface area contributed by atoms with Gasteiger partial charge in [0.05, 0.1) is 19.6 Å². The molecule has 0 heterocycles. The highest BCUT2D eigenvalue weighted by molar-refractivity contribution is 5.68. The predicted octanol–water partition coefficient (Wildman–Crippen LogP) is 3.57. The minimum atomic E-state index is -0.780. The zero-order valence-electron chi connectivity index (χ0n) is 13.8. The van der Waals surface area contributed by atoms with Crippen molar-refractivity contribution in [2.45, 2.75) is 40.0 Å². The second-order valence-electron chi connectivity index (χ2n) is 4.98. The summed E-state index contributed by atoms with van der Waals surface area (Å²) < 4.78 is 11.2. The van der Waals surface area contributed by atoms with Gasteiger partial charge in [-0.15, -0.1) is 0 Å². The van der Waals surface area contributed by atoms with Gasteiger partial charge in [0.25, 0.3) is 0 Å². The van der Waals surface area contributed by atoms with E-state index in [0.717, 1.165) is 30.8 Å². The topological polar surface area (TPSA) is 59.0 Å². The fourth-order valence-electron chi connectivity index (χ4n) is 2.19. The summed E-state index contributed by atoms with van der Waals surface area (Å²) in [5.41, 5.74) is 0.974. The summed E-state index contributed by atoms with van der Waals surface area (Å²) in [5.74, 6) is 0.651. The number of hydrogen-bond donors (Lipinski definition) is 1. The van der Waals surface area contributed by atoms with Crippen LogP contribution in [-0.2, 0) is 4.79 Å². The lowest BCUT2D eigenvalue weighted by atomic mass is 10.2. The molecule has 5 nitrogen and oxygen atoms in total. The molecule has 0 aliphatic heterocycles. The van der Waals surface area contributed by atoms with Gasteiger partial charge in [-0.25, -0.2) is 0 Å². The van der Waals surface area contributed by atoms with Gasteiger partial charge in [-0.05, 0) is 32.4 Å². The number of hydrogen-bond acceptors (Lipinski definition) is 4. The van der Waals surface area contributed by atoms with Crippen molar-refractivity contribution >= 4 is 11.7 Å². The van der Waals surface area contributed by atoms with Crippen LogP contribution in [0.1, 0.15) is 40.0 Å². The van der Waals surface area contributed by atoms with Crippen LogP contribution >= 0.6 is 0 Å². The summed E-state index contributed by atoms with van der Waals surface area (Å²) in [4.78, 5) is 12.9. The Hall–Kier alpha value is -1.91. The van der Waals surface area contributed by atoms with Gasteiger partial charge in [-0.2, -0.15) is 0 Å². The molecule has 0 saturated carbocycles. The van der Waals surface area contributed by atoms with Gasteiger partial charge in [0.15, 0.2) is 11.5 Å². The average Bonchev–Trinajstić information content (AvgIpc) is 2.49. The number of ether oxygens (including phenoxy) is 2. The summed E-state index contributed by atoms with van der Waals surface area (Å²) in [6.07, 6.45) is 2.22. The standard InChI is InChI=1S/C17H27NO4/c1-4-7-11-18(12-10-17(19)20)14-8-9-15(21-5-2)16(13-14)22-6-3/h8-9,13H,4-7,10-12H2,1-3H3,(H,19,20). The minimum Gasteiger partial charge on any atom is -0.490 e. The van der Waals surface area contributed by atoms with Crippen LogP contribution in [0.25, 0.3) is 0 Å². The molecule has 0 aliphatic rings. The van der Waals surface area contributed by atoms with Crippen LogP contribution in [0.4, 0.5) is 5.69 Å². The van der Waals surface area contributed by atoms with E-state index >= 15 is 0 Å². The predicted molar refractivity (Wildman–Crippen MR) is 88.2 cm³/mol. The van der Waals surface area contributed by atoms with Gasteiger partial charge < -0.3 is 19.5 Å². The van der Waals surface area contributed by atoms with Gasteiger partial charge in [0.1, 0.15) is 0 Å². The molecule has 1 aromatic carbocycles. The molecule has 0 bridgehead atoms. The number of carbonyl (C=O) groups is 1. The maximum Gasteiger partial charge on any atom is 0.305 e. The van der Waals surface area contributed by atoms with Crippen LogP contribution in [-0.4, -0.2) is 37.4 Å². The Labute approximate surface area is 132 Å². The Morgan fingerprint density at radius 3 is 2.36 bits per heavy atom. The molecule has 1 rings (SSSR count). The molecule has 0 amide bonds. The average molecular weight is 309 g/mol. The fourth-order valence-corrected chi connectivity index (χ4v) is 2.19. The number of unbranched alkanes of at least 4 members (excludes halogenated alkanes) is 1. The Morgan fingerprint density at radius 2 is 1.77 bits per heavy atom. The Balaban J connectivity index is 2.95. The first-order valence-corrected chi connectivity index (χ1v) is 7.98. The number of carboxylic acid groups (broad SMARTS) is 1. The van der Waals surface area contributed by atoms with Gasteiger partial charge >= 0.3 is 5.97 Å². The molecular weight excluding hydrogens is 282 g/mol. The lowest BCUT2D eigenvalue weighted by molar-refractivity contribution is -0.136. The molecule has 0 radical (unpaired) electrons. The zero-order valence-corrected chi connectivity index (χ0v) is 13.8. The first-order valence-electron chi connectivity index (χ1n) is 7.98. The fraction of sp³-hybridized carbons (Fsp3) is 0.588. The van der Waals surface area contributed by atoms with Gasteiger partial charge in [-0.3, -0.25) is 4.79 Å². The molecule has 0 aliphatic carbocycles. The SMILES string of the molecule is CCCCN(CCC(=O)O)c1ccc(OCC)c(OCC)c1. The van der Waals surface area contributed by atoms with E-state index in [1.807, 2.05) is 32.0 Å². The molecular formula is C17H27NO4. The number of rotatable bonds is 11. The normalized spacial score (nSPS) is 10.3. The molecule has 0 unspecified atom stereocenters. The van der Waals surface area contributed by atoms with E-state index in [4.69, 9.17) is 14.6 Å². The Kier molecular flexibility index (Phi) is 8.18. The van der Waals surface area contributed by atoms with Gasteiger partial charge in [0.2, 0.25) is 0 Å². The molecule has 0 spiro atoms. The second-order valence-corrected chi connectivity index (χ2v) is 4.98. The summed E-state index contributed by atoms with van der Waals surface area (Å²) in [6.45, 7) is 8.47. The van der Waals surface area contributed by atoms with Crippen LogP contribution in [0.2, 0.25) is 0 Å². The molecule has 22 heavy (non-hydrogen) atoms. The van der Waals surface area contributed by atoms with E-state index in [-0.39, 0.29) is 6.42 Å². The number of carboxylic acids is 1. The van der Waals surface area contributed by atoms with Crippen molar-refractivity contribution < 1.29 is 19.4 Å². The third-order valence-corrected chi connectivity index (χ3v) is 3.27. The molecule has 1 aromatic rings. The highest BCUT2D eigenvalue weighted by Crippen LogP contribution is 2.32. The van der Waals surface area contributed by atoms with Gasteiger partial charge in [-0.1, -0.05) is 13.3 Å². The first-order chi connectivity index (χ1) is 10.6. The quantitative estimate of drug-likeness (QED) is 0.677. The third-order valence-electron chi connectivity index (χ3n) is 3.27. The number of anilines is 1. The summed E-state index contributed by atoms with van der Waals surface area (Å²) in [6, 6.07) is 5.79. The molecule has 5 heteroatoms. The number of nitrogens with zero attached hydrogens (tertiary/aromatic N) is 1. The maximum atomic E-state index is 10.8. The lowest BCUT2D eigenvalue weighted by Gasteiger charge is -2.25. The highest BCUT2D eigenvalue weighted by Gasteiger charge is 2.12. The lowest BCUT2D eigenvalue weighted by Crippen LogP contribution is -2.27. The van der Waals surface area contributed by atoms with Crippen molar-refractivity contribution in [1.82, 2.24) is 0 Å².